The molecule has 1 aromatic rings. The van der Waals surface area contributed by atoms with Gasteiger partial charge in [0.15, 0.2) is 0 Å². The zero-order valence-electron chi connectivity index (χ0n) is 10.7. The van der Waals surface area contributed by atoms with Crippen molar-refractivity contribution in [2.45, 2.75) is 45.6 Å². The Labute approximate surface area is 108 Å². The molecule has 0 bridgehead atoms. The van der Waals surface area contributed by atoms with Crippen LogP contribution in [0.2, 0.25) is 0 Å². The summed E-state index contributed by atoms with van der Waals surface area (Å²) in [5.74, 6) is 1.94. The molecular weight excluding hydrogens is 232 g/mol. The van der Waals surface area contributed by atoms with Gasteiger partial charge < -0.3 is 9.72 Å². The van der Waals surface area contributed by atoms with Crippen molar-refractivity contribution in [1.29, 1.82) is 0 Å². The molecule has 0 amide bonds. The third-order valence-electron chi connectivity index (χ3n) is 3.02. The van der Waals surface area contributed by atoms with Crippen molar-refractivity contribution < 1.29 is 4.74 Å². The van der Waals surface area contributed by atoms with Crippen LogP contribution in [0.1, 0.15) is 57.2 Å². The average molecular weight is 252 g/mol. The van der Waals surface area contributed by atoms with E-state index in [1.165, 1.54) is 18.5 Å². The van der Waals surface area contributed by atoms with Crippen LogP contribution in [-0.2, 0) is 4.74 Å². The van der Waals surface area contributed by atoms with Crippen LogP contribution >= 0.6 is 12.2 Å². The van der Waals surface area contributed by atoms with E-state index >= 15 is 0 Å². The van der Waals surface area contributed by atoms with E-state index in [1.54, 1.807) is 0 Å². The van der Waals surface area contributed by atoms with Gasteiger partial charge in [0.2, 0.25) is 0 Å². The topological polar surface area (TPSA) is 37.9 Å². The van der Waals surface area contributed by atoms with Crippen molar-refractivity contribution in [3.8, 4) is 0 Å². The third kappa shape index (κ3) is 3.13. The molecule has 1 atom stereocenters. The summed E-state index contributed by atoms with van der Waals surface area (Å²) >= 11 is 5.24. The van der Waals surface area contributed by atoms with E-state index in [0.717, 1.165) is 5.82 Å². The SMILES string of the molecule is CCOC(c1nc(=S)cc(C2CC2)[nH]1)C(C)C. The van der Waals surface area contributed by atoms with Gasteiger partial charge in [-0.3, -0.25) is 0 Å². The number of hydrogen-bond donors (Lipinski definition) is 1. The molecule has 1 unspecified atom stereocenters. The monoisotopic (exact) mass is 252 g/mol. The molecule has 94 valence electrons. The first-order valence-electron chi connectivity index (χ1n) is 6.34. The van der Waals surface area contributed by atoms with Gasteiger partial charge in [0.1, 0.15) is 16.6 Å². The molecule has 4 heteroatoms. The molecule has 0 radical (unpaired) electrons. The number of rotatable bonds is 5. The van der Waals surface area contributed by atoms with Crippen LogP contribution in [-0.4, -0.2) is 16.6 Å². The van der Waals surface area contributed by atoms with Crippen LogP contribution in [0.4, 0.5) is 0 Å². The van der Waals surface area contributed by atoms with E-state index < -0.39 is 0 Å². The summed E-state index contributed by atoms with van der Waals surface area (Å²) in [4.78, 5) is 7.83. The van der Waals surface area contributed by atoms with Crippen LogP contribution in [0, 0.1) is 10.6 Å². The fourth-order valence-electron chi connectivity index (χ4n) is 2.01. The summed E-state index contributed by atoms with van der Waals surface area (Å²) in [6.07, 6.45) is 2.53. The van der Waals surface area contributed by atoms with Crippen molar-refractivity contribution in [2.75, 3.05) is 6.61 Å². The minimum atomic E-state index is 0.0143. The predicted molar refractivity (Wildman–Crippen MR) is 70.6 cm³/mol. The fourth-order valence-corrected chi connectivity index (χ4v) is 2.24. The number of nitrogens with one attached hydrogen (secondary N) is 1. The summed E-state index contributed by atoms with van der Waals surface area (Å²) in [5.41, 5.74) is 1.23. The normalized spacial score (nSPS) is 17.4. The standard InChI is InChI=1S/C13H20N2OS/c1-4-16-12(8(2)3)13-14-10(9-5-6-9)7-11(17)15-13/h7-9,12H,4-6H2,1-3H3,(H,14,15,17). The average Bonchev–Trinajstić information content (AvgIpc) is 3.08. The molecule has 3 nitrogen and oxygen atoms in total. The van der Waals surface area contributed by atoms with Gasteiger partial charge in [0.25, 0.3) is 0 Å². The lowest BCUT2D eigenvalue weighted by atomic mass is 10.1. The number of aromatic nitrogens is 2. The van der Waals surface area contributed by atoms with Crippen molar-refractivity contribution >= 4 is 12.2 Å². The quantitative estimate of drug-likeness (QED) is 0.811. The second-order valence-corrected chi connectivity index (χ2v) is 5.37. The summed E-state index contributed by atoms with van der Waals surface area (Å²) in [7, 11) is 0. The Morgan fingerprint density at radius 1 is 1.53 bits per heavy atom. The molecule has 1 heterocycles. The van der Waals surface area contributed by atoms with Crippen molar-refractivity contribution in [3.63, 3.8) is 0 Å². The van der Waals surface area contributed by atoms with Gasteiger partial charge in [-0.1, -0.05) is 26.1 Å². The smallest absolute Gasteiger partial charge is 0.137 e. The van der Waals surface area contributed by atoms with Gasteiger partial charge in [0.05, 0.1) is 0 Å². The van der Waals surface area contributed by atoms with Crippen LogP contribution in [0.25, 0.3) is 0 Å². The first kappa shape index (κ1) is 12.7. The molecule has 1 aliphatic carbocycles. The van der Waals surface area contributed by atoms with Gasteiger partial charge in [-0.2, -0.15) is 0 Å². The van der Waals surface area contributed by atoms with E-state index in [1.807, 2.05) is 13.0 Å². The van der Waals surface area contributed by atoms with Crippen LogP contribution in [0.3, 0.4) is 0 Å². The van der Waals surface area contributed by atoms with E-state index in [-0.39, 0.29) is 6.10 Å². The zero-order valence-corrected chi connectivity index (χ0v) is 11.5. The number of H-pyrrole nitrogens is 1. The van der Waals surface area contributed by atoms with E-state index in [0.29, 0.717) is 23.1 Å². The maximum atomic E-state index is 5.76. The lowest BCUT2D eigenvalue weighted by Crippen LogP contribution is -2.15. The first-order chi connectivity index (χ1) is 8.11. The van der Waals surface area contributed by atoms with Gasteiger partial charge in [-0.25, -0.2) is 4.98 Å². The first-order valence-corrected chi connectivity index (χ1v) is 6.75. The summed E-state index contributed by atoms with van der Waals surface area (Å²) < 4.78 is 6.43. The van der Waals surface area contributed by atoms with Crippen molar-refractivity contribution in [3.05, 3.63) is 22.2 Å². The summed E-state index contributed by atoms with van der Waals surface area (Å²) in [6, 6.07) is 1.99. The van der Waals surface area contributed by atoms with E-state index in [4.69, 9.17) is 17.0 Å². The van der Waals surface area contributed by atoms with Gasteiger partial charge in [-0.05, 0) is 37.7 Å². The van der Waals surface area contributed by atoms with Crippen molar-refractivity contribution in [2.24, 2.45) is 5.92 Å². The van der Waals surface area contributed by atoms with E-state index in [2.05, 4.69) is 23.8 Å². The molecule has 0 aliphatic heterocycles. The van der Waals surface area contributed by atoms with Gasteiger partial charge in [-0.15, -0.1) is 0 Å². The molecule has 1 fully saturated rings. The minimum Gasteiger partial charge on any atom is -0.370 e. The molecule has 1 saturated carbocycles. The zero-order chi connectivity index (χ0) is 12.4. The Morgan fingerprint density at radius 3 is 2.76 bits per heavy atom. The Hall–Kier alpha value is -0.740. The number of ether oxygens (including phenoxy) is 1. The lowest BCUT2D eigenvalue weighted by molar-refractivity contribution is 0.0230. The largest absolute Gasteiger partial charge is 0.370 e. The Morgan fingerprint density at radius 2 is 2.24 bits per heavy atom. The maximum Gasteiger partial charge on any atom is 0.137 e. The van der Waals surface area contributed by atoms with Crippen molar-refractivity contribution in [1.82, 2.24) is 9.97 Å². The second kappa shape index (κ2) is 5.27. The van der Waals surface area contributed by atoms with Crippen LogP contribution < -0.4 is 0 Å². The van der Waals surface area contributed by atoms with Gasteiger partial charge in [0, 0.05) is 12.3 Å². The molecule has 1 aliphatic rings. The van der Waals surface area contributed by atoms with Crippen LogP contribution in [0.15, 0.2) is 6.07 Å². The highest BCUT2D eigenvalue weighted by atomic mass is 32.1. The fraction of sp³-hybridized carbons (Fsp3) is 0.692. The molecule has 2 rings (SSSR count). The number of aromatic amines is 1. The highest BCUT2D eigenvalue weighted by Gasteiger charge is 2.26. The molecule has 0 spiro atoms. The summed E-state index contributed by atoms with van der Waals surface area (Å²) in [6.45, 7) is 6.99. The Bertz CT molecular complexity index is 437. The summed E-state index contributed by atoms with van der Waals surface area (Å²) in [5, 5.41) is 0. The second-order valence-electron chi connectivity index (χ2n) is 4.95. The third-order valence-corrected chi connectivity index (χ3v) is 3.23. The highest BCUT2D eigenvalue weighted by Crippen LogP contribution is 2.39. The van der Waals surface area contributed by atoms with E-state index in [9.17, 15) is 0 Å². The predicted octanol–water partition coefficient (Wildman–Crippen LogP) is 3.75. The van der Waals surface area contributed by atoms with Crippen LogP contribution in [0.5, 0.6) is 0 Å². The number of nitrogens with zero attached hydrogens (tertiary/aromatic N) is 1. The minimum absolute atomic E-state index is 0.0143. The maximum absolute atomic E-state index is 5.76. The molecule has 17 heavy (non-hydrogen) atoms. The molecular formula is C13H20N2OS. The highest BCUT2D eigenvalue weighted by molar-refractivity contribution is 7.71. The Balaban J connectivity index is 2.31. The number of hydrogen-bond acceptors (Lipinski definition) is 3. The molecule has 1 aromatic heterocycles. The molecule has 1 N–H and O–H groups in total. The van der Waals surface area contributed by atoms with Gasteiger partial charge >= 0.3 is 0 Å². The molecule has 0 aromatic carbocycles. The lowest BCUT2D eigenvalue weighted by Gasteiger charge is -2.20. The Kier molecular flexibility index (Phi) is 3.94. The molecule has 0 saturated heterocycles.